The maximum absolute atomic E-state index is 14.1. The molecule has 1 amide bonds. The standard InChI is InChI=1S/C25H25FN2O3/c26-22-3-1-4-23-21(22)15-18(16-27-23)17-6-8-19(9-7-17)31-20-10-12-28(13-11-20)25(29)24-5-2-14-30-24/h1,3-4,6-9,15-16,20,24H,2,5,10-14H2. The summed E-state index contributed by atoms with van der Waals surface area (Å²) in [6, 6.07) is 14.6. The van der Waals surface area contributed by atoms with Gasteiger partial charge in [0.05, 0.1) is 5.52 Å². The molecule has 6 heteroatoms. The van der Waals surface area contributed by atoms with Crippen LogP contribution in [0.2, 0.25) is 0 Å². The predicted octanol–water partition coefficient (Wildman–Crippen LogP) is 4.59. The summed E-state index contributed by atoms with van der Waals surface area (Å²) in [5.41, 5.74) is 2.47. The Morgan fingerprint density at radius 1 is 1.06 bits per heavy atom. The van der Waals surface area contributed by atoms with Gasteiger partial charge in [-0.15, -0.1) is 0 Å². The summed E-state index contributed by atoms with van der Waals surface area (Å²) in [4.78, 5) is 18.8. The van der Waals surface area contributed by atoms with Crippen molar-refractivity contribution in [1.29, 1.82) is 0 Å². The smallest absolute Gasteiger partial charge is 0.251 e. The molecule has 1 aromatic heterocycles. The molecular formula is C25H25FN2O3. The molecular weight excluding hydrogens is 395 g/mol. The Kier molecular flexibility index (Phi) is 5.55. The maximum atomic E-state index is 14.1. The zero-order chi connectivity index (χ0) is 21.2. The number of hydrogen-bond acceptors (Lipinski definition) is 4. The third kappa shape index (κ3) is 4.26. The van der Waals surface area contributed by atoms with Crippen molar-refractivity contribution >= 4 is 16.8 Å². The molecule has 2 aliphatic rings. The molecule has 0 spiro atoms. The zero-order valence-electron chi connectivity index (χ0n) is 17.3. The summed E-state index contributed by atoms with van der Waals surface area (Å²) in [5, 5.41) is 0.518. The molecule has 2 saturated heterocycles. The van der Waals surface area contributed by atoms with Crippen LogP contribution >= 0.6 is 0 Å². The SMILES string of the molecule is O=C(C1CCCO1)N1CCC(Oc2ccc(-c3cnc4cccc(F)c4c3)cc2)CC1. The predicted molar refractivity (Wildman–Crippen MR) is 116 cm³/mol. The van der Waals surface area contributed by atoms with E-state index in [1.54, 1.807) is 18.3 Å². The first-order chi connectivity index (χ1) is 15.2. The Morgan fingerprint density at radius 3 is 2.61 bits per heavy atom. The van der Waals surface area contributed by atoms with E-state index in [4.69, 9.17) is 9.47 Å². The lowest BCUT2D eigenvalue weighted by Gasteiger charge is -2.33. The van der Waals surface area contributed by atoms with Crippen molar-refractivity contribution in [3.63, 3.8) is 0 Å². The monoisotopic (exact) mass is 420 g/mol. The van der Waals surface area contributed by atoms with Crippen LogP contribution in [0.15, 0.2) is 54.7 Å². The quantitative estimate of drug-likeness (QED) is 0.620. The molecule has 0 saturated carbocycles. The minimum atomic E-state index is -0.267. The van der Waals surface area contributed by atoms with Crippen molar-refractivity contribution in [1.82, 2.24) is 9.88 Å². The number of nitrogens with zero attached hydrogens (tertiary/aromatic N) is 2. The Labute approximate surface area is 180 Å². The molecule has 2 aromatic carbocycles. The van der Waals surface area contributed by atoms with Gasteiger partial charge in [0.1, 0.15) is 23.8 Å². The lowest BCUT2D eigenvalue weighted by molar-refractivity contribution is -0.142. The summed E-state index contributed by atoms with van der Waals surface area (Å²) in [6.07, 6.45) is 5.04. The molecule has 0 radical (unpaired) electrons. The van der Waals surface area contributed by atoms with Crippen LogP contribution in [0.25, 0.3) is 22.0 Å². The van der Waals surface area contributed by atoms with Crippen molar-refractivity contribution in [3.05, 3.63) is 60.5 Å². The van der Waals surface area contributed by atoms with Crippen LogP contribution in [0, 0.1) is 5.82 Å². The van der Waals surface area contributed by atoms with Crippen LogP contribution in [-0.4, -0.2) is 47.7 Å². The van der Waals surface area contributed by atoms with E-state index in [0.29, 0.717) is 30.6 Å². The number of carbonyl (C=O) groups excluding carboxylic acids is 1. The topological polar surface area (TPSA) is 51.7 Å². The lowest BCUT2D eigenvalue weighted by Crippen LogP contribution is -2.45. The van der Waals surface area contributed by atoms with E-state index >= 15 is 0 Å². The van der Waals surface area contributed by atoms with Gasteiger partial charge in [-0.1, -0.05) is 18.2 Å². The molecule has 0 bridgehead atoms. The highest BCUT2D eigenvalue weighted by Gasteiger charge is 2.31. The molecule has 2 fully saturated rings. The number of rotatable bonds is 4. The van der Waals surface area contributed by atoms with Gasteiger partial charge in [-0.05, 0) is 48.7 Å². The molecule has 1 atom stereocenters. The Hall–Kier alpha value is -2.99. The number of piperidine rings is 1. The average Bonchev–Trinajstić information content (AvgIpc) is 3.35. The number of benzene rings is 2. The van der Waals surface area contributed by atoms with Crippen LogP contribution in [0.4, 0.5) is 4.39 Å². The fraction of sp³-hybridized carbons (Fsp3) is 0.360. The Balaban J connectivity index is 1.20. The Morgan fingerprint density at radius 2 is 1.87 bits per heavy atom. The second-order valence-corrected chi connectivity index (χ2v) is 8.20. The molecule has 5 nitrogen and oxygen atoms in total. The molecule has 31 heavy (non-hydrogen) atoms. The number of ether oxygens (including phenoxy) is 2. The first-order valence-electron chi connectivity index (χ1n) is 10.9. The van der Waals surface area contributed by atoms with Crippen LogP contribution in [0.3, 0.4) is 0 Å². The highest BCUT2D eigenvalue weighted by molar-refractivity contribution is 5.84. The van der Waals surface area contributed by atoms with Crippen LogP contribution in [0.5, 0.6) is 5.75 Å². The largest absolute Gasteiger partial charge is 0.490 e. The summed E-state index contributed by atoms with van der Waals surface area (Å²) in [6.45, 7) is 2.10. The van der Waals surface area contributed by atoms with Gasteiger partial charge in [0.15, 0.2) is 0 Å². The molecule has 2 aliphatic heterocycles. The third-order valence-electron chi connectivity index (χ3n) is 6.12. The third-order valence-corrected chi connectivity index (χ3v) is 6.12. The number of pyridine rings is 1. The maximum Gasteiger partial charge on any atom is 0.251 e. The normalized spacial score (nSPS) is 19.6. The number of likely N-dealkylation sites (tertiary alicyclic amines) is 1. The van der Waals surface area contributed by atoms with Crippen LogP contribution < -0.4 is 4.74 Å². The van der Waals surface area contributed by atoms with Crippen LogP contribution in [0.1, 0.15) is 25.7 Å². The van der Waals surface area contributed by atoms with E-state index in [2.05, 4.69) is 4.98 Å². The first kappa shape index (κ1) is 19.9. The zero-order valence-corrected chi connectivity index (χ0v) is 17.3. The number of carbonyl (C=O) groups is 1. The molecule has 3 aromatic rings. The van der Waals surface area contributed by atoms with Gasteiger partial charge in [0, 0.05) is 49.7 Å². The van der Waals surface area contributed by atoms with Crippen molar-refractivity contribution < 1.29 is 18.7 Å². The van der Waals surface area contributed by atoms with Gasteiger partial charge >= 0.3 is 0 Å². The molecule has 5 rings (SSSR count). The van der Waals surface area contributed by atoms with Gasteiger partial charge in [-0.25, -0.2) is 4.39 Å². The Bertz CT molecular complexity index is 1070. The summed E-state index contributed by atoms with van der Waals surface area (Å²) < 4.78 is 25.7. The van der Waals surface area contributed by atoms with Crippen molar-refractivity contribution in [2.24, 2.45) is 0 Å². The van der Waals surface area contributed by atoms with E-state index < -0.39 is 0 Å². The fourth-order valence-electron chi connectivity index (χ4n) is 4.36. The summed E-state index contributed by atoms with van der Waals surface area (Å²) in [5.74, 6) is 0.657. The fourth-order valence-corrected chi connectivity index (χ4v) is 4.36. The highest BCUT2D eigenvalue weighted by atomic mass is 19.1. The van der Waals surface area contributed by atoms with E-state index in [-0.39, 0.29) is 23.9 Å². The number of aromatic nitrogens is 1. The lowest BCUT2D eigenvalue weighted by atomic mass is 10.0. The molecule has 160 valence electrons. The van der Waals surface area contributed by atoms with E-state index in [1.807, 2.05) is 35.2 Å². The van der Waals surface area contributed by atoms with E-state index in [9.17, 15) is 9.18 Å². The molecule has 1 unspecified atom stereocenters. The van der Waals surface area contributed by atoms with Gasteiger partial charge in [0.25, 0.3) is 5.91 Å². The summed E-state index contributed by atoms with van der Waals surface area (Å²) >= 11 is 0. The van der Waals surface area contributed by atoms with E-state index in [1.165, 1.54) is 6.07 Å². The number of halogens is 1. The number of fused-ring (bicyclic) bond motifs is 1. The average molecular weight is 420 g/mol. The van der Waals surface area contributed by atoms with Crippen molar-refractivity contribution in [3.8, 4) is 16.9 Å². The van der Waals surface area contributed by atoms with E-state index in [0.717, 1.165) is 42.6 Å². The second-order valence-electron chi connectivity index (χ2n) is 8.20. The van der Waals surface area contributed by atoms with Gasteiger partial charge in [-0.3, -0.25) is 9.78 Å². The number of hydrogen-bond donors (Lipinski definition) is 0. The van der Waals surface area contributed by atoms with Crippen LogP contribution in [-0.2, 0) is 9.53 Å². The van der Waals surface area contributed by atoms with Gasteiger partial charge in [-0.2, -0.15) is 0 Å². The van der Waals surface area contributed by atoms with Gasteiger partial charge < -0.3 is 14.4 Å². The second kappa shape index (κ2) is 8.63. The molecule has 3 heterocycles. The van der Waals surface area contributed by atoms with Gasteiger partial charge in [0.2, 0.25) is 0 Å². The minimum absolute atomic E-state index is 0.0934. The van der Waals surface area contributed by atoms with Crippen molar-refractivity contribution in [2.45, 2.75) is 37.9 Å². The number of amides is 1. The minimum Gasteiger partial charge on any atom is -0.490 e. The first-order valence-corrected chi connectivity index (χ1v) is 10.9. The van der Waals surface area contributed by atoms with Crippen molar-refractivity contribution in [2.75, 3.05) is 19.7 Å². The summed E-state index contributed by atoms with van der Waals surface area (Å²) in [7, 11) is 0. The highest BCUT2D eigenvalue weighted by Crippen LogP contribution is 2.27. The molecule has 0 aliphatic carbocycles. The molecule has 0 N–H and O–H groups in total.